The molecule has 1 atom stereocenters. The fourth-order valence-electron chi connectivity index (χ4n) is 3.58. The van der Waals surface area contributed by atoms with Crippen molar-refractivity contribution in [1.82, 2.24) is 30.4 Å². The van der Waals surface area contributed by atoms with Crippen LogP contribution in [0.1, 0.15) is 29.2 Å². The number of fused-ring (bicyclic) bond motifs is 1. The van der Waals surface area contributed by atoms with E-state index in [-0.39, 0.29) is 17.4 Å². The second-order valence-corrected chi connectivity index (χ2v) is 7.13. The third kappa shape index (κ3) is 4.06. The smallest absolute Gasteiger partial charge is 0.383 e. The first-order chi connectivity index (χ1) is 14.3. The maximum Gasteiger partial charge on any atom is 0.405 e. The molecule has 0 bridgehead atoms. The molecule has 30 heavy (non-hydrogen) atoms. The number of carbonyl (C=O) groups is 1. The van der Waals surface area contributed by atoms with Crippen molar-refractivity contribution < 1.29 is 18.0 Å². The van der Waals surface area contributed by atoms with E-state index in [1.807, 2.05) is 10.00 Å². The summed E-state index contributed by atoms with van der Waals surface area (Å²) in [4.78, 5) is 20.6. The Morgan fingerprint density at radius 1 is 1.33 bits per heavy atom. The zero-order valence-electron chi connectivity index (χ0n) is 15.9. The molecule has 1 aromatic carbocycles. The van der Waals surface area contributed by atoms with Crippen LogP contribution in [0.3, 0.4) is 0 Å². The van der Waals surface area contributed by atoms with Gasteiger partial charge < -0.3 is 16.4 Å². The van der Waals surface area contributed by atoms with Gasteiger partial charge in [0.15, 0.2) is 5.65 Å². The number of nitrogen functional groups attached to an aromatic ring is 1. The van der Waals surface area contributed by atoms with Crippen molar-refractivity contribution in [3.8, 4) is 11.3 Å². The van der Waals surface area contributed by atoms with Crippen LogP contribution in [0.15, 0.2) is 30.6 Å². The third-order valence-electron chi connectivity index (χ3n) is 4.98. The lowest BCUT2D eigenvalue weighted by molar-refractivity contribution is -0.123. The lowest BCUT2D eigenvalue weighted by atomic mass is 10.1. The number of hydrogen-bond acceptors (Lipinski definition) is 6. The van der Waals surface area contributed by atoms with E-state index in [1.54, 1.807) is 12.1 Å². The van der Waals surface area contributed by atoms with E-state index < -0.39 is 18.6 Å². The predicted octanol–water partition coefficient (Wildman–Crippen LogP) is 2.29. The zero-order valence-corrected chi connectivity index (χ0v) is 15.9. The van der Waals surface area contributed by atoms with Gasteiger partial charge in [0, 0.05) is 17.7 Å². The van der Waals surface area contributed by atoms with Crippen LogP contribution in [0.2, 0.25) is 0 Å². The van der Waals surface area contributed by atoms with Gasteiger partial charge in [-0.15, -0.1) is 0 Å². The molecule has 0 unspecified atom stereocenters. The van der Waals surface area contributed by atoms with Gasteiger partial charge in [0.2, 0.25) is 0 Å². The molecule has 0 spiro atoms. The van der Waals surface area contributed by atoms with Gasteiger partial charge in [-0.05, 0) is 31.5 Å². The Balaban J connectivity index is 1.74. The molecular weight excluding hydrogens is 399 g/mol. The van der Waals surface area contributed by atoms with Gasteiger partial charge in [0.25, 0.3) is 5.91 Å². The van der Waals surface area contributed by atoms with Crippen LogP contribution in [-0.2, 0) is 0 Å². The van der Waals surface area contributed by atoms with Crippen molar-refractivity contribution in [2.45, 2.75) is 25.1 Å². The summed E-state index contributed by atoms with van der Waals surface area (Å²) in [7, 11) is 0. The van der Waals surface area contributed by atoms with E-state index in [4.69, 9.17) is 10.8 Å². The summed E-state index contributed by atoms with van der Waals surface area (Å²) >= 11 is 0. The Hall–Kier alpha value is -3.21. The highest BCUT2D eigenvalue weighted by molar-refractivity contribution is 6.00. The van der Waals surface area contributed by atoms with E-state index in [2.05, 4.69) is 15.3 Å². The van der Waals surface area contributed by atoms with Crippen molar-refractivity contribution in [3.05, 3.63) is 36.2 Å². The standard InChI is InChI=1S/C19H20F3N7O/c20-19(21,22)9-25-18(30)12-4-1-3-11(7-12)15-14-16(23)26-10-27-17(14)29(28-15)13-5-2-6-24-8-13/h1,3-4,7,10,13,24H,2,5-6,8-9H2,(H,25,30)(H2,23,26,27)/t13-/m1/s1. The summed E-state index contributed by atoms with van der Waals surface area (Å²) in [6.07, 6.45) is -1.19. The molecule has 1 amide bonds. The molecule has 1 aliphatic rings. The molecule has 1 aliphatic heterocycles. The van der Waals surface area contributed by atoms with Crippen LogP contribution in [0.4, 0.5) is 19.0 Å². The van der Waals surface area contributed by atoms with Crippen molar-refractivity contribution in [3.63, 3.8) is 0 Å². The number of alkyl halides is 3. The van der Waals surface area contributed by atoms with Gasteiger partial charge in [-0.25, -0.2) is 14.6 Å². The van der Waals surface area contributed by atoms with Crippen molar-refractivity contribution in [2.75, 3.05) is 25.4 Å². The molecule has 3 aromatic rings. The molecule has 158 valence electrons. The Kier molecular flexibility index (Phi) is 5.29. The second kappa shape index (κ2) is 7.90. The van der Waals surface area contributed by atoms with E-state index in [0.717, 1.165) is 25.9 Å². The van der Waals surface area contributed by atoms with Crippen LogP contribution in [0, 0.1) is 0 Å². The van der Waals surface area contributed by atoms with Gasteiger partial charge in [0.1, 0.15) is 24.4 Å². The molecule has 4 rings (SSSR count). The molecular formula is C19H20F3N7O. The highest BCUT2D eigenvalue weighted by atomic mass is 19.4. The minimum atomic E-state index is -4.48. The summed E-state index contributed by atoms with van der Waals surface area (Å²) in [6, 6.07) is 6.33. The molecule has 3 heterocycles. The van der Waals surface area contributed by atoms with Crippen LogP contribution in [0.25, 0.3) is 22.3 Å². The van der Waals surface area contributed by atoms with Crippen LogP contribution < -0.4 is 16.4 Å². The predicted molar refractivity (Wildman–Crippen MR) is 105 cm³/mol. The normalized spacial score (nSPS) is 17.2. The quantitative estimate of drug-likeness (QED) is 0.599. The number of benzene rings is 1. The summed E-state index contributed by atoms with van der Waals surface area (Å²) in [5.74, 6) is -0.574. The number of nitrogens with zero attached hydrogens (tertiary/aromatic N) is 4. The van der Waals surface area contributed by atoms with Crippen LogP contribution >= 0.6 is 0 Å². The van der Waals surface area contributed by atoms with Crippen molar-refractivity contribution >= 4 is 22.8 Å². The maximum atomic E-state index is 12.4. The van der Waals surface area contributed by atoms with Gasteiger partial charge >= 0.3 is 6.18 Å². The Morgan fingerprint density at radius 2 is 2.17 bits per heavy atom. The number of nitrogens with two attached hydrogens (primary N) is 1. The number of aromatic nitrogens is 4. The first-order valence-electron chi connectivity index (χ1n) is 9.48. The number of nitrogens with one attached hydrogen (secondary N) is 2. The molecule has 11 heteroatoms. The fraction of sp³-hybridized carbons (Fsp3) is 0.368. The fourth-order valence-corrected chi connectivity index (χ4v) is 3.58. The molecule has 0 radical (unpaired) electrons. The molecule has 0 saturated carbocycles. The highest BCUT2D eigenvalue weighted by Gasteiger charge is 2.28. The Morgan fingerprint density at radius 3 is 2.90 bits per heavy atom. The third-order valence-corrected chi connectivity index (χ3v) is 4.98. The molecule has 4 N–H and O–H groups in total. The van der Waals surface area contributed by atoms with E-state index in [0.29, 0.717) is 22.3 Å². The average Bonchev–Trinajstić information content (AvgIpc) is 3.13. The average molecular weight is 419 g/mol. The first-order valence-corrected chi connectivity index (χ1v) is 9.48. The second-order valence-electron chi connectivity index (χ2n) is 7.13. The zero-order chi connectivity index (χ0) is 21.3. The topological polar surface area (TPSA) is 111 Å². The Labute approximate surface area is 169 Å². The van der Waals surface area contributed by atoms with E-state index in [1.165, 1.54) is 18.5 Å². The summed E-state index contributed by atoms with van der Waals surface area (Å²) in [5.41, 5.74) is 7.81. The minimum Gasteiger partial charge on any atom is -0.383 e. The number of amides is 1. The molecule has 8 nitrogen and oxygen atoms in total. The monoisotopic (exact) mass is 419 g/mol. The number of rotatable bonds is 4. The number of anilines is 1. The van der Waals surface area contributed by atoms with Gasteiger partial charge in [-0.1, -0.05) is 12.1 Å². The Bertz CT molecular complexity index is 1070. The number of halogens is 3. The van der Waals surface area contributed by atoms with Gasteiger partial charge in [-0.2, -0.15) is 18.3 Å². The summed E-state index contributed by atoms with van der Waals surface area (Å²) < 4.78 is 39.1. The van der Waals surface area contributed by atoms with Crippen LogP contribution in [0.5, 0.6) is 0 Å². The lowest BCUT2D eigenvalue weighted by Crippen LogP contribution is -2.33. The first kappa shape index (κ1) is 20.1. The number of carbonyl (C=O) groups excluding carboxylic acids is 1. The lowest BCUT2D eigenvalue weighted by Gasteiger charge is -2.23. The van der Waals surface area contributed by atoms with Crippen molar-refractivity contribution in [2.24, 2.45) is 0 Å². The summed E-state index contributed by atoms with van der Waals surface area (Å²) in [5, 5.41) is 10.5. The van der Waals surface area contributed by atoms with Gasteiger partial charge in [-0.3, -0.25) is 4.79 Å². The van der Waals surface area contributed by atoms with E-state index >= 15 is 0 Å². The maximum absolute atomic E-state index is 12.4. The number of piperidine rings is 1. The van der Waals surface area contributed by atoms with Crippen molar-refractivity contribution in [1.29, 1.82) is 0 Å². The summed E-state index contributed by atoms with van der Waals surface area (Å²) in [6.45, 7) is 0.276. The molecule has 2 aromatic heterocycles. The van der Waals surface area contributed by atoms with E-state index in [9.17, 15) is 18.0 Å². The number of hydrogen-bond donors (Lipinski definition) is 3. The molecule has 1 saturated heterocycles. The highest BCUT2D eigenvalue weighted by Crippen LogP contribution is 2.33. The largest absolute Gasteiger partial charge is 0.405 e. The van der Waals surface area contributed by atoms with Gasteiger partial charge in [0.05, 0.1) is 11.4 Å². The van der Waals surface area contributed by atoms with Crippen LogP contribution in [-0.4, -0.2) is 51.5 Å². The molecule has 0 aliphatic carbocycles. The molecule has 1 fully saturated rings. The SMILES string of the molecule is Nc1ncnc2c1c(-c1cccc(C(=O)NCC(F)(F)F)c1)nn2[C@@H]1CCCNC1. The minimum absolute atomic E-state index is 0.0857.